The Balaban J connectivity index is 1.86. The molecular formula is C23H25N3O6. The van der Waals surface area contributed by atoms with Crippen LogP contribution in [-0.2, 0) is 9.53 Å². The first-order valence-corrected chi connectivity index (χ1v) is 10.0. The summed E-state index contributed by atoms with van der Waals surface area (Å²) in [5, 5.41) is 10.8. The summed E-state index contributed by atoms with van der Waals surface area (Å²) in [7, 11) is 1.52. The van der Waals surface area contributed by atoms with Crippen molar-refractivity contribution < 1.29 is 24.0 Å². The first kappa shape index (κ1) is 22.8. The second-order valence-electron chi connectivity index (χ2n) is 8.16. The Bertz CT molecular complexity index is 1060. The van der Waals surface area contributed by atoms with E-state index >= 15 is 0 Å². The molecule has 1 aliphatic rings. The minimum atomic E-state index is -0.649. The Kier molecular flexibility index (Phi) is 6.47. The van der Waals surface area contributed by atoms with Gasteiger partial charge in [0.25, 0.3) is 11.6 Å². The molecule has 9 heteroatoms. The van der Waals surface area contributed by atoms with Gasteiger partial charge in [0, 0.05) is 37.4 Å². The van der Waals surface area contributed by atoms with Gasteiger partial charge in [-0.2, -0.15) is 0 Å². The second-order valence-corrected chi connectivity index (χ2v) is 8.16. The molecule has 0 saturated heterocycles. The minimum Gasteiger partial charge on any atom is -0.497 e. The highest BCUT2D eigenvalue weighted by molar-refractivity contribution is 6.08. The van der Waals surface area contributed by atoms with Crippen molar-refractivity contribution in [1.82, 2.24) is 0 Å². The molecule has 0 radical (unpaired) electrons. The number of hydrogen-bond acceptors (Lipinski definition) is 6. The van der Waals surface area contributed by atoms with E-state index in [4.69, 9.17) is 9.47 Å². The number of nitrogens with zero attached hydrogens (tertiary/aromatic N) is 3. The lowest BCUT2D eigenvalue weighted by atomic mass is 10.1. The second kappa shape index (κ2) is 9.09. The number of carbonyl (C=O) groups excluding carboxylic acids is 2. The maximum atomic E-state index is 13.0. The van der Waals surface area contributed by atoms with Gasteiger partial charge in [-0.25, -0.2) is 4.79 Å². The lowest BCUT2D eigenvalue weighted by Gasteiger charge is -2.37. The standard InChI is InChI=1S/C23H25N3O6/c1-23(2,3)32-22(28)25-14-13-24(20-15-18(31-4)10-11-19(20)25)21(27)12-7-16-5-8-17(9-6-16)26(29)30/h5-12,15H,13-14H2,1-4H3. The van der Waals surface area contributed by atoms with Crippen molar-refractivity contribution >= 4 is 35.1 Å². The lowest BCUT2D eigenvalue weighted by Crippen LogP contribution is -2.47. The molecule has 1 aliphatic heterocycles. The smallest absolute Gasteiger partial charge is 0.414 e. The van der Waals surface area contributed by atoms with Crippen molar-refractivity contribution in [2.24, 2.45) is 0 Å². The topological polar surface area (TPSA) is 102 Å². The highest BCUT2D eigenvalue weighted by Gasteiger charge is 2.32. The zero-order valence-corrected chi connectivity index (χ0v) is 18.4. The van der Waals surface area contributed by atoms with Crippen LogP contribution >= 0.6 is 0 Å². The van der Waals surface area contributed by atoms with E-state index in [0.29, 0.717) is 22.7 Å². The van der Waals surface area contributed by atoms with Gasteiger partial charge >= 0.3 is 6.09 Å². The van der Waals surface area contributed by atoms with Gasteiger partial charge in [-0.15, -0.1) is 0 Å². The SMILES string of the molecule is COc1ccc2c(c1)N(C(=O)C=Cc1ccc([N+](=O)[O-])cc1)CCN2C(=O)OC(C)(C)C. The van der Waals surface area contributed by atoms with E-state index in [1.165, 1.54) is 30.2 Å². The molecule has 0 spiro atoms. The number of carbonyl (C=O) groups is 2. The largest absolute Gasteiger partial charge is 0.497 e. The Labute approximate surface area is 186 Å². The summed E-state index contributed by atoms with van der Waals surface area (Å²) in [5.41, 5.74) is 1.06. The number of nitro groups is 1. The monoisotopic (exact) mass is 439 g/mol. The molecule has 2 aromatic carbocycles. The van der Waals surface area contributed by atoms with Crippen LogP contribution in [0.4, 0.5) is 21.9 Å². The van der Waals surface area contributed by atoms with Crippen molar-refractivity contribution in [3.8, 4) is 5.75 Å². The number of nitro benzene ring substituents is 1. The van der Waals surface area contributed by atoms with Gasteiger partial charge in [-0.3, -0.25) is 19.8 Å². The average Bonchev–Trinajstić information content (AvgIpc) is 2.75. The van der Waals surface area contributed by atoms with Gasteiger partial charge < -0.3 is 14.4 Å². The fourth-order valence-electron chi connectivity index (χ4n) is 3.22. The van der Waals surface area contributed by atoms with Crippen LogP contribution in [0.1, 0.15) is 26.3 Å². The molecule has 0 aliphatic carbocycles. The molecule has 9 nitrogen and oxygen atoms in total. The fourth-order valence-corrected chi connectivity index (χ4v) is 3.22. The van der Waals surface area contributed by atoms with Crippen molar-refractivity contribution in [2.75, 3.05) is 30.0 Å². The number of ether oxygens (including phenoxy) is 2. The molecule has 1 heterocycles. The third-order valence-electron chi connectivity index (χ3n) is 4.71. The van der Waals surface area contributed by atoms with Crippen molar-refractivity contribution in [3.05, 3.63) is 64.2 Å². The highest BCUT2D eigenvalue weighted by atomic mass is 16.6. The van der Waals surface area contributed by atoms with Crippen LogP contribution in [-0.4, -0.2) is 42.7 Å². The summed E-state index contributed by atoms with van der Waals surface area (Å²) in [6.07, 6.45) is 2.50. The lowest BCUT2D eigenvalue weighted by molar-refractivity contribution is -0.384. The van der Waals surface area contributed by atoms with Crippen LogP contribution in [0, 0.1) is 10.1 Å². The van der Waals surface area contributed by atoms with Gasteiger partial charge in [-0.1, -0.05) is 0 Å². The van der Waals surface area contributed by atoms with Crippen LogP contribution in [0.2, 0.25) is 0 Å². The van der Waals surface area contributed by atoms with Gasteiger partial charge in [0.2, 0.25) is 0 Å². The molecule has 168 valence electrons. The average molecular weight is 439 g/mol. The quantitative estimate of drug-likeness (QED) is 0.397. The Hall–Kier alpha value is -3.88. The fraction of sp³-hybridized carbons (Fsp3) is 0.304. The highest BCUT2D eigenvalue weighted by Crippen LogP contribution is 2.37. The van der Waals surface area contributed by atoms with E-state index in [1.807, 2.05) is 0 Å². The molecule has 0 saturated carbocycles. The minimum absolute atomic E-state index is 0.0206. The maximum absolute atomic E-state index is 13.0. The zero-order valence-electron chi connectivity index (χ0n) is 18.4. The predicted molar refractivity (Wildman–Crippen MR) is 121 cm³/mol. The van der Waals surface area contributed by atoms with E-state index in [9.17, 15) is 19.7 Å². The molecule has 0 atom stereocenters. The van der Waals surface area contributed by atoms with Crippen LogP contribution in [0.15, 0.2) is 48.5 Å². The maximum Gasteiger partial charge on any atom is 0.414 e. The summed E-state index contributed by atoms with van der Waals surface area (Å²) < 4.78 is 10.8. The normalized spacial score (nSPS) is 13.6. The molecule has 0 bridgehead atoms. The summed E-state index contributed by atoms with van der Waals surface area (Å²) in [5.74, 6) is 0.258. The third-order valence-corrected chi connectivity index (χ3v) is 4.71. The number of anilines is 2. The molecule has 0 N–H and O–H groups in total. The molecule has 0 aromatic heterocycles. The molecular weight excluding hydrogens is 414 g/mol. The number of non-ortho nitro benzene ring substituents is 1. The summed E-state index contributed by atoms with van der Waals surface area (Å²) in [6.45, 7) is 5.92. The van der Waals surface area contributed by atoms with E-state index in [0.717, 1.165) is 0 Å². The molecule has 0 unspecified atom stereocenters. The van der Waals surface area contributed by atoms with Crippen molar-refractivity contribution in [2.45, 2.75) is 26.4 Å². The Morgan fingerprint density at radius 2 is 1.69 bits per heavy atom. The number of hydrogen-bond donors (Lipinski definition) is 0. The van der Waals surface area contributed by atoms with E-state index in [-0.39, 0.29) is 24.7 Å². The Morgan fingerprint density at radius 1 is 1.03 bits per heavy atom. The van der Waals surface area contributed by atoms with Crippen LogP contribution in [0.25, 0.3) is 6.08 Å². The number of fused-ring (bicyclic) bond motifs is 1. The van der Waals surface area contributed by atoms with Crippen LogP contribution in [0.5, 0.6) is 5.75 Å². The summed E-state index contributed by atoms with van der Waals surface area (Å²) >= 11 is 0. The van der Waals surface area contributed by atoms with E-state index in [2.05, 4.69) is 0 Å². The van der Waals surface area contributed by atoms with Gasteiger partial charge in [0.05, 0.1) is 23.4 Å². The third kappa shape index (κ3) is 5.23. The summed E-state index contributed by atoms with van der Waals surface area (Å²) in [4.78, 5) is 39.0. The molecule has 3 rings (SSSR count). The number of benzene rings is 2. The van der Waals surface area contributed by atoms with Crippen LogP contribution < -0.4 is 14.5 Å². The van der Waals surface area contributed by atoms with Gasteiger partial charge in [-0.05, 0) is 56.7 Å². The van der Waals surface area contributed by atoms with Crippen molar-refractivity contribution in [3.63, 3.8) is 0 Å². The van der Waals surface area contributed by atoms with Gasteiger partial charge in [0.15, 0.2) is 0 Å². The molecule has 2 amide bonds. The predicted octanol–water partition coefficient (Wildman–Crippen LogP) is 4.40. The Morgan fingerprint density at radius 3 is 2.28 bits per heavy atom. The number of amides is 2. The molecule has 32 heavy (non-hydrogen) atoms. The summed E-state index contributed by atoms with van der Waals surface area (Å²) in [6, 6.07) is 11.0. The first-order valence-electron chi connectivity index (χ1n) is 10.0. The van der Waals surface area contributed by atoms with E-state index in [1.54, 1.807) is 62.1 Å². The van der Waals surface area contributed by atoms with Crippen molar-refractivity contribution in [1.29, 1.82) is 0 Å². The zero-order chi connectivity index (χ0) is 23.5. The molecule has 0 fully saturated rings. The molecule has 2 aromatic rings. The van der Waals surface area contributed by atoms with Gasteiger partial charge in [0.1, 0.15) is 11.4 Å². The first-order chi connectivity index (χ1) is 15.1. The van der Waals surface area contributed by atoms with Crippen LogP contribution in [0.3, 0.4) is 0 Å². The number of methoxy groups -OCH3 is 1. The van der Waals surface area contributed by atoms with E-state index < -0.39 is 16.6 Å². The number of rotatable bonds is 4.